The molecule has 0 saturated heterocycles. The summed E-state index contributed by atoms with van der Waals surface area (Å²) in [6.45, 7) is 3.09. The second-order valence-corrected chi connectivity index (χ2v) is 7.21. The van der Waals surface area contributed by atoms with E-state index in [1.165, 1.54) is 18.3 Å². The minimum atomic E-state index is -3.39. The van der Waals surface area contributed by atoms with Gasteiger partial charge in [-0.15, -0.1) is 11.3 Å². The molecule has 0 aliphatic carbocycles. The maximum Gasteiger partial charge on any atom is 0.223 e. The number of nitrogens with zero attached hydrogens (tertiary/aromatic N) is 2. The van der Waals surface area contributed by atoms with Crippen molar-refractivity contribution in [2.45, 2.75) is 25.4 Å². The minimum Gasteiger partial charge on any atom is -0.360 e. The first-order valence-electron chi connectivity index (χ1n) is 5.69. The number of sulfone groups is 1. The summed E-state index contributed by atoms with van der Waals surface area (Å²) in [5, 5.41) is 8.15. The second-order valence-electron chi connectivity index (χ2n) is 4.29. The molecule has 2 aromatic heterocycles. The lowest BCUT2D eigenvalue weighted by molar-refractivity contribution is -0.114. The standard InChI is InChI=1S/C11H13N3O4S2/c1-7-3-10(18-14-7)6-20(16,17)5-9-4-19-11(13-9)12-8(2)15/h3-4H,5-6H2,1-2H3,(H,12,13,15). The highest BCUT2D eigenvalue weighted by Gasteiger charge is 2.18. The van der Waals surface area contributed by atoms with E-state index in [9.17, 15) is 13.2 Å². The summed E-state index contributed by atoms with van der Waals surface area (Å²) in [7, 11) is -3.39. The van der Waals surface area contributed by atoms with Gasteiger partial charge in [0.15, 0.2) is 20.7 Å². The molecule has 0 aliphatic heterocycles. The molecule has 0 fully saturated rings. The van der Waals surface area contributed by atoms with Gasteiger partial charge in [0.05, 0.1) is 17.1 Å². The first-order valence-corrected chi connectivity index (χ1v) is 8.39. The van der Waals surface area contributed by atoms with Gasteiger partial charge in [0.25, 0.3) is 0 Å². The summed E-state index contributed by atoms with van der Waals surface area (Å²) in [6, 6.07) is 1.58. The number of rotatable bonds is 5. The highest BCUT2D eigenvalue weighted by molar-refractivity contribution is 7.89. The Kier molecular flexibility index (Phi) is 4.19. The number of aromatic nitrogens is 2. The number of amides is 1. The van der Waals surface area contributed by atoms with Crippen molar-refractivity contribution in [2.24, 2.45) is 0 Å². The van der Waals surface area contributed by atoms with Crippen molar-refractivity contribution in [1.82, 2.24) is 10.1 Å². The Hall–Kier alpha value is -1.74. The van der Waals surface area contributed by atoms with Crippen molar-refractivity contribution in [2.75, 3.05) is 5.32 Å². The predicted molar refractivity (Wildman–Crippen MR) is 74.0 cm³/mol. The molecule has 9 heteroatoms. The molecule has 0 spiro atoms. The van der Waals surface area contributed by atoms with E-state index in [-0.39, 0.29) is 17.4 Å². The zero-order chi connectivity index (χ0) is 14.8. The molecule has 1 amide bonds. The summed E-state index contributed by atoms with van der Waals surface area (Å²) in [5.41, 5.74) is 1.03. The summed E-state index contributed by atoms with van der Waals surface area (Å²) in [5.74, 6) is -0.366. The number of thiazole rings is 1. The topological polar surface area (TPSA) is 102 Å². The van der Waals surface area contributed by atoms with Crippen LogP contribution in [0.5, 0.6) is 0 Å². The van der Waals surface area contributed by atoms with Gasteiger partial charge < -0.3 is 9.84 Å². The highest BCUT2D eigenvalue weighted by Crippen LogP contribution is 2.19. The Balaban J connectivity index is 2.04. The smallest absolute Gasteiger partial charge is 0.223 e. The van der Waals surface area contributed by atoms with Crippen LogP contribution in [-0.4, -0.2) is 24.5 Å². The Morgan fingerprint density at radius 2 is 2.20 bits per heavy atom. The van der Waals surface area contributed by atoms with Crippen LogP contribution in [0, 0.1) is 6.92 Å². The van der Waals surface area contributed by atoms with Crippen molar-refractivity contribution >= 4 is 32.2 Å². The van der Waals surface area contributed by atoms with E-state index in [0.717, 1.165) is 0 Å². The van der Waals surface area contributed by atoms with E-state index in [4.69, 9.17) is 4.52 Å². The lowest BCUT2D eigenvalue weighted by atomic mass is 10.4. The van der Waals surface area contributed by atoms with Crippen LogP contribution < -0.4 is 5.32 Å². The van der Waals surface area contributed by atoms with Crippen LogP contribution in [0.15, 0.2) is 16.0 Å². The van der Waals surface area contributed by atoms with Crippen LogP contribution >= 0.6 is 11.3 Å². The summed E-state index contributed by atoms with van der Waals surface area (Å²) in [4.78, 5) is 14.9. The Bertz CT molecular complexity index is 718. The largest absolute Gasteiger partial charge is 0.360 e. The highest BCUT2D eigenvalue weighted by atomic mass is 32.2. The summed E-state index contributed by atoms with van der Waals surface area (Å²) < 4.78 is 28.9. The van der Waals surface area contributed by atoms with E-state index in [1.807, 2.05) is 0 Å². The lowest BCUT2D eigenvalue weighted by Crippen LogP contribution is -2.08. The number of carbonyl (C=O) groups is 1. The average Bonchev–Trinajstić information content (AvgIpc) is 2.86. The van der Waals surface area contributed by atoms with Gasteiger partial charge in [-0.3, -0.25) is 4.79 Å². The molecule has 2 rings (SSSR count). The first kappa shape index (κ1) is 14.7. The molecular formula is C11H13N3O4S2. The molecule has 0 bridgehead atoms. The van der Waals surface area contributed by atoms with Crippen LogP contribution in [-0.2, 0) is 26.1 Å². The number of hydrogen-bond acceptors (Lipinski definition) is 7. The van der Waals surface area contributed by atoms with E-state index in [0.29, 0.717) is 22.3 Å². The SMILES string of the molecule is CC(=O)Nc1nc(CS(=O)(=O)Cc2cc(C)no2)cs1. The van der Waals surface area contributed by atoms with Gasteiger partial charge in [-0.05, 0) is 6.92 Å². The molecule has 0 radical (unpaired) electrons. The maximum atomic E-state index is 12.0. The van der Waals surface area contributed by atoms with Crippen LogP contribution in [0.4, 0.5) is 5.13 Å². The van der Waals surface area contributed by atoms with Crippen molar-refractivity contribution in [3.8, 4) is 0 Å². The molecule has 7 nitrogen and oxygen atoms in total. The fraction of sp³-hybridized carbons (Fsp3) is 0.364. The van der Waals surface area contributed by atoms with E-state index < -0.39 is 9.84 Å². The third-order valence-electron chi connectivity index (χ3n) is 2.24. The maximum absolute atomic E-state index is 12.0. The minimum absolute atomic E-state index is 0.206. The van der Waals surface area contributed by atoms with Crippen molar-refractivity contribution < 1.29 is 17.7 Å². The fourth-order valence-electron chi connectivity index (χ4n) is 1.56. The van der Waals surface area contributed by atoms with Crippen molar-refractivity contribution in [3.63, 3.8) is 0 Å². The average molecular weight is 315 g/mol. The van der Waals surface area contributed by atoms with Crippen LogP contribution in [0.25, 0.3) is 0 Å². The Morgan fingerprint density at radius 1 is 1.45 bits per heavy atom. The molecule has 20 heavy (non-hydrogen) atoms. The molecule has 108 valence electrons. The zero-order valence-electron chi connectivity index (χ0n) is 10.9. The molecule has 0 unspecified atom stereocenters. The number of hydrogen-bond donors (Lipinski definition) is 1. The van der Waals surface area contributed by atoms with Gasteiger partial charge in [0.2, 0.25) is 5.91 Å². The predicted octanol–water partition coefficient (Wildman–Crippen LogP) is 1.51. The molecule has 0 saturated carbocycles. The number of carbonyl (C=O) groups excluding carboxylic acids is 1. The molecule has 0 aromatic carbocycles. The van der Waals surface area contributed by atoms with Gasteiger partial charge in [-0.1, -0.05) is 5.16 Å². The van der Waals surface area contributed by atoms with Crippen LogP contribution in [0.1, 0.15) is 24.1 Å². The van der Waals surface area contributed by atoms with Crippen molar-refractivity contribution in [3.05, 3.63) is 28.6 Å². The van der Waals surface area contributed by atoms with Gasteiger partial charge >= 0.3 is 0 Å². The molecule has 0 atom stereocenters. The number of aryl methyl sites for hydroxylation is 1. The van der Waals surface area contributed by atoms with Crippen LogP contribution in [0.2, 0.25) is 0 Å². The van der Waals surface area contributed by atoms with E-state index in [2.05, 4.69) is 15.5 Å². The molecule has 2 heterocycles. The van der Waals surface area contributed by atoms with Gasteiger partial charge in [0, 0.05) is 18.4 Å². The molecule has 0 aliphatic rings. The van der Waals surface area contributed by atoms with E-state index in [1.54, 1.807) is 18.4 Å². The normalized spacial score (nSPS) is 11.5. The number of anilines is 1. The molecular weight excluding hydrogens is 302 g/mol. The van der Waals surface area contributed by atoms with Crippen molar-refractivity contribution in [1.29, 1.82) is 0 Å². The Morgan fingerprint density at radius 3 is 2.80 bits per heavy atom. The second kappa shape index (κ2) is 5.71. The fourth-order valence-corrected chi connectivity index (χ4v) is 3.69. The van der Waals surface area contributed by atoms with Gasteiger partial charge in [0.1, 0.15) is 5.75 Å². The summed E-state index contributed by atoms with van der Waals surface area (Å²) in [6.07, 6.45) is 0. The lowest BCUT2D eigenvalue weighted by Gasteiger charge is -1.99. The van der Waals surface area contributed by atoms with Gasteiger partial charge in [-0.2, -0.15) is 0 Å². The van der Waals surface area contributed by atoms with E-state index >= 15 is 0 Å². The summed E-state index contributed by atoms with van der Waals surface area (Å²) >= 11 is 1.19. The number of nitrogens with one attached hydrogen (secondary N) is 1. The molecule has 1 N–H and O–H groups in total. The third-order valence-corrected chi connectivity index (χ3v) is 4.51. The zero-order valence-corrected chi connectivity index (χ0v) is 12.5. The monoisotopic (exact) mass is 315 g/mol. The van der Waals surface area contributed by atoms with Gasteiger partial charge in [-0.25, -0.2) is 13.4 Å². The third kappa shape index (κ3) is 4.14. The molecule has 2 aromatic rings. The Labute approximate surface area is 119 Å². The van der Waals surface area contributed by atoms with Crippen LogP contribution in [0.3, 0.4) is 0 Å². The first-order chi connectivity index (χ1) is 9.34. The quantitative estimate of drug-likeness (QED) is 0.897.